The van der Waals surface area contributed by atoms with Gasteiger partial charge < -0.3 is 16.4 Å². The Labute approximate surface area is 209 Å². The lowest BCUT2D eigenvalue weighted by atomic mass is 10.1. The Morgan fingerprint density at radius 2 is 1.63 bits per heavy atom. The summed E-state index contributed by atoms with van der Waals surface area (Å²) < 4.78 is 3.26. The number of benzene rings is 2. The summed E-state index contributed by atoms with van der Waals surface area (Å²) in [6, 6.07) is 20.5. The molecule has 1 aromatic heterocycles. The van der Waals surface area contributed by atoms with Crippen LogP contribution in [0.25, 0.3) is 0 Å². The van der Waals surface area contributed by atoms with E-state index in [2.05, 4.69) is 20.3 Å². The Morgan fingerprint density at radius 1 is 0.914 bits per heavy atom. The van der Waals surface area contributed by atoms with Crippen LogP contribution in [-0.4, -0.2) is 35.2 Å². The fourth-order valence-electron chi connectivity index (χ4n) is 3.26. The molecule has 182 valence electrons. The number of rotatable bonds is 13. The van der Waals surface area contributed by atoms with E-state index in [0.29, 0.717) is 24.3 Å². The lowest BCUT2D eigenvalue weighted by molar-refractivity contribution is -0.127. The number of hydrogen-bond acceptors (Lipinski definition) is 6. The number of amides is 2. The molecule has 8 nitrogen and oxygen atoms in total. The SMILES string of the molecule is N=C(N)c1ccc(CNC(=O)CNC(=O)C(CCc2ccccc2)NSCc2ccncc2)cc1. The molecule has 35 heavy (non-hydrogen) atoms. The standard InChI is InChI=1S/C26H30N6O2S/c27-25(28)22-9-6-20(7-10-22)16-30-24(33)17-31-26(34)23(11-8-19-4-2-1-3-5-19)32-35-18-21-12-14-29-15-13-21/h1-7,9-10,12-15,23,32H,8,11,16-18H2,(H3,27,28)(H,30,33)(H,31,34). The summed E-state index contributed by atoms with van der Waals surface area (Å²) in [5.74, 6) is 0.197. The summed E-state index contributed by atoms with van der Waals surface area (Å²) in [4.78, 5) is 29.2. The average molecular weight is 491 g/mol. The molecule has 2 aromatic carbocycles. The quantitative estimate of drug-likeness (QED) is 0.142. The molecule has 0 bridgehead atoms. The lowest BCUT2D eigenvalue weighted by Crippen LogP contribution is -2.45. The van der Waals surface area contributed by atoms with Gasteiger partial charge in [-0.2, -0.15) is 0 Å². The van der Waals surface area contributed by atoms with E-state index in [1.54, 1.807) is 36.7 Å². The maximum Gasteiger partial charge on any atom is 0.239 e. The number of nitrogens with two attached hydrogens (primary N) is 1. The second kappa shape index (κ2) is 13.9. The second-order valence-corrected chi connectivity index (χ2v) is 8.76. The first kappa shape index (κ1) is 25.9. The van der Waals surface area contributed by atoms with Gasteiger partial charge in [-0.3, -0.25) is 24.7 Å². The van der Waals surface area contributed by atoms with Crippen molar-refractivity contribution in [2.24, 2.45) is 5.73 Å². The molecular formula is C26H30N6O2S. The van der Waals surface area contributed by atoms with Crippen molar-refractivity contribution in [1.82, 2.24) is 20.3 Å². The van der Waals surface area contributed by atoms with Gasteiger partial charge >= 0.3 is 0 Å². The highest BCUT2D eigenvalue weighted by atomic mass is 32.2. The van der Waals surface area contributed by atoms with E-state index in [1.165, 1.54) is 11.9 Å². The highest BCUT2D eigenvalue weighted by molar-refractivity contribution is 7.96. The molecule has 2 amide bonds. The molecule has 0 radical (unpaired) electrons. The predicted octanol–water partition coefficient (Wildman–Crippen LogP) is 2.54. The second-order valence-electron chi connectivity index (χ2n) is 7.94. The van der Waals surface area contributed by atoms with Gasteiger partial charge in [-0.15, -0.1) is 0 Å². The van der Waals surface area contributed by atoms with Crippen molar-refractivity contribution in [2.75, 3.05) is 6.54 Å². The number of nitrogens with zero attached hydrogens (tertiary/aromatic N) is 1. The number of carbonyl (C=O) groups is 2. The number of nitrogens with one attached hydrogen (secondary N) is 4. The zero-order valence-corrected chi connectivity index (χ0v) is 20.2. The van der Waals surface area contributed by atoms with Crippen molar-refractivity contribution < 1.29 is 9.59 Å². The van der Waals surface area contributed by atoms with Crippen molar-refractivity contribution in [2.45, 2.75) is 31.2 Å². The van der Waals surface area contributed by atoms with Crippen molar-refractivity contribution >= 4 is 29.6 Å². The minimum absolute atomic E-state index is 0.00216. The Kier molecular flexibility index (Phi) is 10.3. The fourth-order valence-corrected chi connectivity index (χ4v) is 4.13. The summed E-state index contributed by atoms with van der Waals surface area (Å²) in [6.45, 7) is 0.216. The van der Waals surface area contributed by atoms with E-state index in [4.69, 9.17) is 11.1 Å². The van der Waals surface area contributed by atoms with Crippen LogP contribution in [0.1, 0.15) is 28.7 Å². The Bertz CT molecular complexity index is 1090. The molecular weight excluding hydrogens is 460 g/mol. The summed E-state index contributed by atoms with van der Waals surface area (Å²) in [7, 11) is 0. The van der Waals surface area contributed by atoms with Gasteiger partial charge in [-0.25, -0.2) is 0 Å². The van der Waals surface area contributed by atoms with Crippen LogP contribution in [0.2, 0.25) is 0 Å². The van der Waals surface area contributed by atoms with Crippen LogP contribution >= 0.6 is 11.9 Å². The van der Waals surface area contributed by atoms with Gasteiger partial charge in [0.2, 0.25) is 11.8 Å². The Hall–Kier alpha value is -3.69. The van der Waals surface area contributed by atoms with Gasteiger partial charge in [0.15, 0.2) is 0 Å². The van der Waals surface area contributed by atoms with Crippen LogP contribution < -0.4 is 21.1 Å². The van der Waals surface area contributed by atoms with Crippen molar-refractivity contribution in [3.63, 3.8) is 0 Å². The van der Waals surface area contributed by atoms with E-state index in [-0.39, 0.29) is 24.2 Å². The molecule has 1 atom stereocenters. The molecule has 0 aliphatic carbocycles. The monoisotopic (exact) mass is 490 g/mol. The predicted molar refractivity (Wildman–Crippen MR) is 140 cm³/mol. The molecule has 0 spiro atoms. The summed E-state index contributed by atoms with van der Waals surface area (Å²) in [5, 5.41) is 13.0. The van der Waals surface area contributed by atoms with Crippen molar-refractivity contribution in [1.29, 1.82) is 5.41 Å². The number of amidine groups is 1. The van der Waals surface area contributed by atoms with Gasteiger partial charge in [0, 0.05) is 30.3 Å². The normalized spacial score (nSPS) is 11.4. The minimum atomic E-state index is -0.450. The van der Waals surface area contributed by atoms with Gasteiger partial charge in [-0.05, 0) is 41.7 Å². The van der Waals surface area contributed by atoms with Crippen LogP contribution in [-0.2, 0) is 28.3 Å². The smallest absolute Gasteiger partial charge is 0.239 e. The summed E-state index contributed by atoms with van der Waals surface area (Å²) in [6.07, 6.45) is 4.82. The molecule has 1 unspecified atom stereocenters. The third-order valence-corrected chi connectivity index (χ3v) is 6.20. The van der Waals surface area contributed by atoms with Crippen LogP contribution in [0.5, 0.6) is 0 Å². The van der Waals surface area contributed by atoms with Gasteiger partial charge in [-0.1, -0.05) is 66.5 Å². The summed E-state index contributed by atoms with van der Waals surface area (Å²) >= 11 is 1.46. The van der Waals surface area contributed by atoms with Crippen LogP contribution in [0.4, 0.5) is 0 Å². The number of pyridine rings is 1. The van der Waals surface area contributed by atoms with Crippen molar-refractivity contribution in [3.8, 4) is 0 Å². The molecule has 0 saturated carbocycles. The lowest BCUT2D eigenvalue weighted by Gasteiger charge is -2.18. The number of nitrogen functional groups attached to an aromatic ring is 1. The minimum Gasteiger partial charge on any atom is -0.384 e. The van der Waals surface area contributed by atoms with E-state index in [0.717, 1.165) is 23.1 Å². The van der Waals surface area contributed by atoms with Crippen LogP contribution in [0.15, 0.2) is 79.1 Å². The molecule has 0 aliphatic heterocycles. The molecule has 9 heteroatoms. The van der Waals surface area contributed by atoms with Crippen molar-refractivity contribution in [3.05, 3.63) is 101 Å². The van der Waals surface area contributed by atoms with Gasteiger partial charge in [0.05, 0.1) is 12.6 Å². The van der Waals surface area contributed by atoms with E-state index >= 15 is 0 Å². The number of carbonyl (C=O) groups excluding carboxylic acids is 2. The average Bonchev–Trinajstić information content (AvgIpc) is 2.89. The number of aromatic nitrogens is 1. The van der Waals surface area contributed by atoms with E-state index in [1.807, 2.05) is 42.5 Å². The van der Waals surface area contributed by atoms with Crippen LogP contribution in [0.3, 0.4) is 0 Å². The largest absolute Gasteiger partial charge is 0.384 e. The zero-order valence-electron chi connectivity index (χ0n) is 19.4. The number of hydrogen-bond donors (Lipinski definition) is 5. The third-order valence-electron chi connectivity index (χ3n) is 5.27. The van der Waals surface area contributed by atoms with Gasteiger partial charge in [0.25, 0.3) is 0 Å². The first-order valence-corrected chi connectivity index (χ1v) is 12.3. The van der Waals surface area contributed by atoms with E-state index < -0.39 is 6.04 Å². The third kappa shape index (κ3) is 9.23. The molecule has 3 aromatic rings. The fraction of sp³-hybridized carbons (Fsp3) is 0.231. The zero-order chi connectivity index (χ0) is 24.9. The first-order chi connectivity index (χ1) is 17.0. The maximum absolute atomic E-state index is 12.9. The highest BCUT2D eigenvalue weighted by Crippen LogP contribution is 2.12. The van der Waals surface area contributed by atoms with E-state index in [9.17, 15) is 9.59 Å². The Morgan fingerprint density at radius 3 is 2.31 bits per heavy atom. The molecule has 1 heterocycles. The van der Waals surface area contributed by atoms with Gasteiger partial charge in [0.1, 0.15) is 5.84 Å². The Balaban J connectivity index is 1.48. The molecule has 0 fully saturated rings. The van der Waals surface area contributed by atoms with Crippen LogP contribution in [0, 0.1) is 5.41 Å². The molecule has 0 aliphatic rings. The molecule has 0 saturated heterocycles. The topological polar surface area (TPSA) is 133 Å². The first-order valence-electron chi connectivity index (χ1n) is 11.3. The highest BCUT2D eigenvalue weighted by Gasteiger charge is 2.19. The number of aryl methyl sites for hydroxylation is 1. The maximum atomic E-state index is 12.9. The molecule has 6 N–H and O–H groups in total. The summed E-state index contributed by atoms with van der Waals surface area (Å²) in [5.41, 5.74) is 9.22. The molecule has 3 rings (SSSR count).